The van der Waals surface area contributed by atoms with Crippen molar-refractivity contribution in [3.05, 3.63) is 35.4 Å². The first-order valence-corrected chi connectivity index (χ1v) is 6.87. The number of piperidine rings is 1. The third kappa shape index (κ3) is 3.81. The number of nitrogens with zero attached hydrogens (tertiary/aromatic N) is 1. The van der Waals surface area contributed by atoms with Gasteiger partial charge in [0.05, 0.1) is 5.56 Å². The van der Waals surface area contributed by atoms with Gasteiger partial charge in [-0.25, -0.2) is 4.79 Å². The molecule has 0 atom stereocenters. The average molecular weight is 290 g/mol. The van der Waals surface area contributed by atoms with Crippen molar-refractivity contribution >= 4 is 17.8 Å². The van der Waals surface area contributed by atoms with Crippen LogP contribution in [-0.4, -0.2) is 46.9 Å². The second kappa shape index (κ2) is 6.39. The number of hydrogen-bond donors (Lipinski definition) is 2. The molecule has 2 amide bonds. The molecule has 0 saturated carbocycles. The number of nitrogens with one attached hydrogen (secondary N) is 1. The average Bonchev–Trinajstić information content (AvgIpc) is 2.47. The van der Waals surface area contributed by atoms with Gasteiger partial charge in [0.1, 0.15) is 0 Å². The summed E-state index contributed by atoms with van der Waals surface area (Å²) in [7, 11) is 0. The molecule has 21 heavy (non-hydrogen) atoms. The molecule has 0 radical (unpaired) electrons. The normalized spacial score (nSPS) is 15.6. The van der Waals surface area contributed by atoms with Gasteiger partial charge >= 0.3 is 5.97 Å². The van der Waals surface area contributed by atoms with Crippen LogP contribution in [0.4, 0.5) is 0 Å². The Morgan fingerprint density at radius 1 is 1.10 bits per heavy atom. The molecular formula is C15H18N2O4. The zero-order chi connectivity index (χ0) is 15.4. The molecule has 0 aromatic heterocycles. The fourth-order valence-electron chi connectivity index (χ4n) is 2.37. The van der Waals surface area contributed by atoms with E-state index in [2.05, 4.69) is 5.32 Å². The molecule has 1 aliphatic heterocycles. The molecule has 1 aromatic rings. The van der Waals surface area contributed by atoms with Crippen LogP contribution in [0.3, 0.4) is 0 Å². The van der Waals surface area contributed by atoms with Crippen LogP contribution < -0.4 is 5.32 Å². The van der Waals surface area contributed by atoms with Gasteiger partial charge in [-0.05, 0) is 37.1 Å². The Hall–Kier alpha value is -2.37. The minimum Gasteiger partial charge on any atom is -0.478 e. The van der Waals surface area contributed by atoms with Crippen molar-refractivity contribution in [2.45, 2.75) is 25.8 Å². The van der Waals surface area contributed by atoms with E-state index in [0.717, 1.165) is 12.8 Å². The minimum absolute atomic E-state index is 0.0484. The van der Waals surface area contributed by atoms with Crippen LogP contribution in [0.1, 0.15) is 40.5 Å². The Balaban J connectivity index is 1.90. The quantitative estimate of drug-likeness (QED) is 0.873. The van der Waals surface area contributed by atoms with Crippen LogP contribution in [0.15, 0.2) is 24.3 Å². The molecule has 0 bridgehead atoms. The molecule has 1 heterocycles. The first-order chi connectivity index (χ1) is 9.97. The predicted octanol–water partition coefficient (Wildman–Crippen LogP) is 1.13. The van der Waals surface area contributed by atoms with Crippen molar-refractivity contribution in [3.63, 3.8) is 0 Å². The summed E-state index contributed by atoms with van der Waals surface area (Å²) in [6.45, 7) is 2.85. The van der Waals surface area contributed by atoms with Gasteiger partial charge in [-0.1, -0.05) is 0 Å². The molecule has 0 spiro atoms. The van der Waals surface area contributed by atoms with Crippen molar-refractivity contribution in [1.29, 1.82) is 0 Å². The van der Waals surface area contributed by atoms with E-state index in [4.69, 9.17) is 5.11 Å². The second-order valence-electron chi connectivity index (χ2n) is 5.14. The molecule has 112 valence electrons. The van der Waals surface area contributed by atoms with Crippen LogP contribution in [0.25, 0.3) is 0 Å². The number of likely N-dealkylation sites (tertiary alicyclic amines) is 1. The maximum Gasteiger partial charge on any atom is 0.335 e. The van der Waals surface area contributed by atoms with Crippen LogP contribution in [0, 0.1) is 0 Å². The third-order valence-electron chi connectivity index (χ3n) is 3.67. The number of carbonyl (C=O) groups is 3. The lowest BCUT2D eigenvalue weighted by Gasteiger charge is -2.31. The van der Waals surface area contributed by atoms with E-state index < -0.39 is 5.97 Å². The Labute approximate surface area is 122 Å². The van der Waals surface area contributed by atoms with E-state index in [1.807, 2.05) is 0 Å². The van der Waals surface area contributed by atoms with E-state index in [0.29, 0.717) is 18.7 Å². The van der Waals surface area contributed by atoms with Gasteiger partial charge in [0.25, 0.3) is 5.91 Å². The lowest BCUT2D eigenvalue weighted by Crippen LogP contribution is -2.46. The van der Waals surface area contributed by atoms with Gasteiger partial charge in [-0.2, -0.15) is 0 Å². The highest BCUT2D eigenvalue weighted by atomic mass is 16.4. The maximum absolute atomic E-state index is 12.1. The van der Waals surface area contributed by atoms with Crippen LogP contribution in [0.2, 0.25) is 0 Å². The molecular weight excluding hydrogens is 272 g/mol. The lowest BCUT2D eigenvalue weighted by atomic mass is 10.0. The van der Waals surface area contributed by atoms with Crippen LogP contribution in [0.5, 0.6) is 0 Å². The molecule has 1 aromatic carbocycles. The SMILES string of the molecule is CC(=O)N1CCC(NC(=O)c2ccc(C(=O)O)cc2)CC1. The number of carboxylic acid groups (broad SMARTS) is 1. The number of carboxylic acids is 1. The van der Waals surface area contributed by atoms with Crippen molar-refractivity contribution in [2.75, 3.05) is 13.1 Å². The summed E-state index contributed by atoms with van der Waals surface area (Å²) in [5.41, 5.74) is 0.593. The summed E-state index contributed by atoms with van der Waals surface area (Å²) in [5, 5.41) is 11.7. The topological polar surface area (TPSA) is 86.7 Å². The molecule has 6 nitrogen and oxygen atoms in total. The number of aromatic carboxylic acids is 1. The smallest absolute Gasteiger partial charge is 0.335 e. The zero-order valence-electron chi connectivity index (χ0n) is 11.8. The van der Waals surface area contributed by atoms with Gasteiger partial charge < -0.3 is 15.3 Å². The highest BCUT2D eigenvalue weighted by molar-refractivity contribution is 5.96. The first kappa shape index (κ1) is 15.0. The summed E-state index contributed by atoms with van der Waals surface area (Å²) < 4.78 is 0. The molecule has 2 rings (SSSR count). The maximum atomic E-state index is 12.1. The summed E-state index contributed by atoms with van der Waals surface area (Å²) in [5.74, 6) is -1.17. The van der Waals surface area contributed by atoms with Gasteiger partial charge in [0, 0.05) is 31.6 Å². The second-order valence-corrected chi connectivity index (χ2v) is 5.14. The van der Waals surface area contributed by atoms with Gasteiger partial charge in [0.2, 0.25) is 5.91 Å². The molecule has 2 N–H and O–H groups in total. The van der Waals surface area contributed by atoms with E-state index in [-0.39, 0.29) is 23.4 Å². The van der Waals surface area contributed by atoms with Gasteiger partial charge in [-0.15, -0.1) is 0 Å². The Kier molecular flexibility index (Phi) is 4.57. The lowest BCUT2D eigenvalue weighted by molar-refractivity contribution is -0.129. The number of amides is 2. The summed E-state index contributed by atoms with van der Waals surface area (Å²) >= 11 is 0. The summed E-state index contributed by atoms with van der Waals surface area (Å²) in [4.78, 5) is 35.8. The van der Waals surface area contributed by atoms with E-state index in [1.54, 1.807) is 11.8 Å². The summed E-state index contributed by atoms with van der Waals surface area (Å²) in [6, 6.07) is 5.88. The first-order valence-electron chi connectivity index (χ1n) is 6.87. The molecule has 0 aliphatic carbocycles. The molecule has 6 heteroatoms. The highest BCUT2D eigenvalue weighted by Crippen LogP contribution is 2.12. The Morgan fingerprint density at radius 2 is 1.62 bits per heavy atom. The zero-order valence-corrected chi connectivity index (χ0v) is 11.8. The molecule has 1 fully saturated rings. The monoisotopic (exact) mass is 290 g/mol. The van der Waals surface area contributed by atoms with E-state index in [1.165, 1.54) is 24.3 Å². The van der Waals surface area contributed by atoms with E-state index in [9.17, 15) is 14.4 Å². The largest absolute Gasteiger partial charge is 0.478 e. The Morgan fingerprint density at radius 3 is 2.10 bits per heavy atom. The molecule has 1 saturated heterocycles. The van der Waals surface area contributed by atoms with Crippen LogP contribution >= 0.6 is 0 Å². The fraction of sp³-hybridized carbons (Fsp3) is 0.400. The number of carbonyl (C=O) groups excluding carboxylic acids is 2. The summed E-state index contributed by atoms with van der Waals surface area (Å²) in [6.07, 6.45) is 1.47. The van der Waals surface area contributed by atoms with Gasteiger partial charge in [-0.3, -0.25) is 9.59 Å². The van der Waals surface area contributed by atoms with Crippen molar-refractivity contribution in [2.24, 2.45) is 0 Å². The van der Waals surface area contributed by atoms with Crippen molar-refractivity contribution in [3.8, 4) is 0 Å². The Bertz CT molecular complexity index is 545. The fourth-order valence-corrected chi connectivity index (χ4v) is 2.37. The predicted molar refractivity (Wildman–Crippen MR) is 76.1 cm³/mol. The van der Waals surface area contributed by atoms with Crippen LogP contribution in [-0.2, 0) is 4.79 Å². The number of benzene rings is 1. The standard InChI is InChI=1S/C15H18N2O4/c1-10(18)17-8-6-13(7-9-17)16-14(19)11-2-4-12(5-3-11)15(20)21/h2-5,13H,6-9H2,1H3,(H,16,19)(H,20,21). The van der Waals surface area contributed by atoms with E-state index >= 15 is 0 Å². The minimum atomic E-state index is -1.02. The number of hydrogen-bond acceptors (Lipinski definition) is 3. The highest BCUT2D eigenvalue weighted by Gasteiger charge is 2.22. The van der Waals surface area contributed by atoms with Crippen molar-refractivity contribution in [1.82, 2.24) is 10.2 Å². The molecule has 0 unspecified atom stereocenters. The van der Waals surface area contributed by atoms with Gasteiger partial charge in [0.15, 0.2) is 0 Å². The molecule has 1 aliphatic rings. The third-order valence-corrected chi connectivity index (χ3v) is 3.67. The number of rotatable bonds is 3. The van der Waals surface area contributed by atoms with Crippen molar-refractivity contribution < 1.29 is 19.5 Å².